The molecule has 0 saturated carbocycles. The van der Waals surface area contributed by atoms with Crippen LogP contribution in [0.2, 0.25) is 0 Å². The summed E-state index contributed by atoms with van der Waals surface area (Å²) in [5, 5.41) is 0. The number of nitrogens with zero attached hydrogens (tertiary/aromatic N) is 1. The van der Waals surface area contributed by atoms with E-state index >= 15 is 0 Å². The molecule has 1 heterocycles. The molecule has 2 N–H and O–H groups in total. The van der Waals surface area contributed by atoms with Crippen LogP contribution in [0.5, 0.6) is 0 Å². The highest BCUT2D eigenvalue weighted by molar-refractivity contribution is 5.77. The molecule has 0 aromatic carbocycles. The molecule has 1 atom stereocenters. The van der Waals surface area contributed by atoms with Crippen molar-refractivity contribution in [1.82, 2.24) is 4.90 Å². The van der Waals surface area contributed by atoms with Crippen LogP contribution in [0, 0.1) is 5.92 Å². The first-order valence-corrected chi connectivity index (χ1v) is 4.72. The monoisotopic (exact) mass is 170 g/mol. The summed E-state index contributed by atoms with van der Waals surface area (Å²) < 4.78 is 0. The van der Waals surface area contributed by atoms with Crippen LogP contribution in [0.15, 0.2) is 0 Å². The molecule has 0 radical (unpaired) electrons. The van der Waals surface area contributed by atoms with Crippen molar-refractivity contribution in [3.63, 3.8) is 0 Å². The molecule has 1 amide bonds. The normalized spacial score (nSPS) is 24.7. The second-order valence-electron chi connectivity index (χ2n) is 3.62. The maximum Gasteiger partial charge on any atom is 0.222 e. The fraction of sp³-hybridized carbons (Fsp3) is 0.889. The number of nitrogens with two attached hydrogens (primary N) is 1. The number of carbonyl (C=O) groups excluding carboxylic acids is 1. The van der Waals surface area contributed by atoms with E-state index in [1.165, 1.54) is 0 Å². The Morgan fingerprint density at radius 3 is 3.00 bits per heavy atom. The zero-order valence-corrected chi connectivity index (χ0v) is 7.75. The zero-order chi connectivity index (χ0) is 8.97. The average Bonchev–Trinajstić information content (AvgIpc) is 2.03. The highest BCUT2D eigenvalue weighted by atomic mass is 16.2. The second kappa shape index (κ2) is 4.45. The fourth-order valence-electron chi connectivity index (χ4n) is 1.55. The summed E-state index contributed by atoms with van der Waals surface area (Å²) in [4.78, 5) is 13.3. The molecule has 3 heteroatoms. The Labute approximate surface area is 73.9 Å². The van der Waals surface area contributed by atoms with Crippen LogP contribution in [0.4, 0.5) is 0 Å². The molecule has 0 aliphatic carbocycles. The van der Waals surface area contributed by atoms with Crippen LogP contribution in [-0.2, 0) is 4.79 Å². The van der Waals surface area contributed by atoms with E-state index in [4.69, 9.17) is 5.73 Å². The van der Waals surface area contributed by atoms with Crippen molar-refractivity contribution < 1.29 is 4.79 Å². The molecular weight excluding hydrogens is 152 g/mol. The first-order chi connectivity index (χ1) is 5.74. The first-order valence-electron chi connectivity index (χ1n) is 4.72. The van der Waals surface area contributed by atoms with Gasteiger partial charge in [-0.25, -0.2) is 0 Å². The molecule has 0 aromatic heterocycles. The van der Waals surface area contributed by atoms with Crippen LogP contribution in [0.25, 0.3) is 0 Å². The second-order valence-corrected chi connectivity index (χ2v) is 3.62. The quantitative estimate of drug-likeness (QED) is 0.674. The predicted octanol–water partition coefficient (Wildman–Crippen LogP) is 0.594. The van der Waals surface area contributed by atoms with Gasteiger partial charge in [0, 0.05) is 19.5 Å². The van der Waals surface area contributed by atoms with Gasteiger partial charge in [0.25, 0.3) is 0 Å². The van der Waals surface area contributed by atoms with Gasteiger partial charge in [0.15, 0.2) is 0 Å². The molecule has 70 valence electrons. The van der Waals surface area contributed by atoms with E-state index in [1.807, 2.05) is 4.90 Å². The summed E-state index contributed by atoms with van der Waals surface area (Å²) >= 11 is 0. The number of rotatable bonds is 3. The molecule has 3 nitrogen and oxygen atoms in total. The van der Waals surface area contributed by atoms with Crippen molar-refractivity contribution >= 4 is 5.91 Å². The lowest BCUT2D eigenvalue weighted by atomic mass is 9.98. The third kappa shape index (κ3) is 2.48. The summed E-state index contributed by atoms with van der Waals surface area (Å²) in [7, 11) is 0. The van der Waals surface area contributed by atoms with Gasteiger partial charge in [0.2, 0.25) is 5.91 Å². The largest absolute Gasteiger partial charge is 0.343 e. The van der Waals surface area contributed by atoms with E-state index in [0.29, 0.717) is 18.4 Å². The van der Waals surface area contributed by atoms with Gasteiger partial charge < -0.3 is 10.6 Å². The van der Waals surface area contributed by atoms with Crippen molar-refractivity contribution in [3.8, 4) is 0 Å². The smallest absolute Gasteiger partial charge is 0.222 e. The van der Waals surface area contributed by atoms with Crippen molar-refractivity contribution in [1.29, 1.82) is 0 Å². The van der Waals surface area contributed by atoms with Crippen molar-refractivity contribution in [2.24, 2.45) is 11.7 Å². The number of likely N-dealkylation sites (tertiary alicyclic amines) is 1. The molecule has 1 aliphatic rings. The van der Waals surface area contributed by atoms with E-state index < -0.39 is 0 Å². The summed E-state index contributed by atoms with van der Waals surface area (Å²) in [6.07, 6.45) is 2.81. The molecule has 1 unspecified atom stereocenters. The molecule has 0 spiro atoms. The summed E-state index contributed by atoms with van der Waals surface area (Å²) in [5.41, 5.74) is 5.38. The number of amides is 1. The van der Waals surface area contributed by atoms with Crippen molar-refractivity contribution in [3.05, 3.63) is 0 Å². The van der Waals surface area contributed by atoms with E-state index in [-0.39, 0.29) is 0 Å². The Bertz CT molecular complexity index is 157. The highest BCUT2D eigenvalue weighted by Crippen LogP contribution is 2.16. The topological polar surface area (TPSA) is 46.3 Å². The molecule has 1 fully saturated rings. The summed E-state index contributed by atoms with van der Waals surface area (Å²) in [5.74, 6) is 0.883. The number of hydrogen-bond donors (Lipinski definition) is 1. The Hall–Kier alpha value is -0.570. The minimum Gasteiger partial charge on any atom is -0.343 e. The Balaban J connectivity index is 2.30. The lowest BCUT2D eigenvalue weighted by Gasteiger charge is -2.29. The van der Waals surface area contributed by atoms with Crippen LogP contribution >= 0.6 is 0 Å². The minimum absolute atomic E-state index is 0.308. The lowest BCUT2D eigenvalue weighted by Crippen LogP contribution is -2.39. The summed E-state index contributed by atoms with van der Waals surface area (Å²) in [6.45, 7) is 4.60. The predicted molar refractivity (Wildman–Crippen MR) is 48.6 cm³/mol. The van der Waals surface area contributed by atoms with Gasteiger partial charge in [0.05, 0.1) is 0 Å². The molecular formula is C9H18N2O. The van der Waals surface area contributed by atoms with E-state index in [1.54, 1.807) is 0 Å². The molecule has 12 heavy (non-hydrogen) atoms. The molecule has 1 saturated heterocycles. The van der Waals surface area contributed by atoms with Gasteiger partial charge in [-0.15, -0.1) is 0 Å². The first kappa shape index (κ1) is 9.52. The number of piperidine rings is 1. The van der Waals surface area contributed by atoms with Crippen LogP contribution < -0.4 is 5.73 Å². The van der Waals surface area contributed by atoms with E-state index in [0.717, 1.165) is 32.4 Å². The number of hydrogen-bond acceptors (Lipinski definition) is 2. The Morgan fingerprint density at radius 2 is 2.42 bits per heavy atom. The van der Waals surface area contributed by atoms with Gasteiger partial charge in [-0.2, -0.15) is 0 Å². The average molecular weight is 170 g/mol. The molecule has 1 rings (SSSR count). The third-order valence-corrected chi connectivity index (χ3v) is 2.40. The van der Waals surface area contributed by atoms with Gasteiger partial charge in [-0.3, -0.25) is 4.79 Å². The Kier molecular flexibility index (Phi) is 3.53. The van der Waals surface area contributed by atoms with Gasteiger partial charge in [-0.05, 0) is 25.3 Å². The minimum atomic E-state index is 0.308. The third-order valence-electron chi connectivity index (χ3n) is 2.40. The van der Waals surface area contributed by atoms with Gasteiger partial charge in [0.1, 0.15) is 0 Å². The van der Waals surface area contributed by atoms with Crippen molar-refractivity contribution in [2.45, 2.75) is 26.2 Å². The maximum atomic E-state index is 11.4. The lowest BCUT2D eigenvalue weighted by molar-refractivity contribution is -0.134. The van der Waals surface area contributed by atoms with E-state index in [9.17, 15) is 4.79 Å². The zero-order valence-electron chi connectivity index (χ0n) is 7.75. The van der Waals surface area contributed by atoms with Crippen LogP contribution in [0.3, 0.4) is 0 Å². The SMILES string of the molecule is CC1CCN(CCCN)C(=O)C1. The molecule has 0 bridgehead atoms. The van der Waals surface area contributed by atoms with Gasteiger partial charge in [-0.1, -0.05) is 6.92 Å². The highest BCUT2D eigenvalue weighted by Gasteiger charge is 2.21. The van der Waals surface area contributed by atoms with Crippen LogP contribution in [0.1, 0.15) is 26.2 Å². The standard InChI is InChI=1S/C9H18N2O/c1-8-3-6-11(5-2-4-10)9(12)7-8/h8H,2-7,10H2,1H3. The summed E-state index contributed by atoms with van der Waals surface area (Å²) in [6, 6.07) is 0. The van der Waals surface area contributed by atoms with Crippen molar-refractivity contribution in [2.75, 3.05) is 19.6 Å². The van der Waals surface area contributed by atoms with Crippen LogP contribution in [-0.4, -0.2) is 30.4 Å². The fourth-order valence-corrected chi connectivity index (χ4v) is 1.55. The van der Waals surface area contributed by atoms with E-state index in [2.05, 4.69) is 6.92 Å². The van der Waals surface area contributed by atoms with Gasteiger partial charge >= 0.3 is 0 Å². The number of carbonyl (C=O) groups is 1. The Morgan fingerprint density at radius 1 is 1.67 bits per heavy atom. The maximum absolute atomic E-state index is 11.4. The molecule has 0 aromatic rings. The molecule has 1 aliphatic heterocycles.